The maximum atomic E-state index is 12.2. The van der Waals surface area contributed by atoms with Crippen LogP contribution in [-0.2, 0) is 4.79 Å². The van der Waals surface area contributed by atoms with Crippen molar-refractivity contribution in [2.75, 3.05) is 16.8 Å². The molecule has 0 bridgehead atoms. The van der Waals surface area contributed by atoms with Gasteiger partial charge in [-0.1, -0.05) is 43.7 Å². The summed E-state index contributed by atoms with van der Waals surface area (Å²) in [5.41, 5.74) is 6.75. The van der Waals surface area contributed by atoms with E-state index in [0.29, 0.717) is 17.5 Å². The van der Waals surface area contributed by atoms with Crippen molar-refractivity contribution >= 4 is 34.6 Å². The molecule has 4 nitrogen and oxygen atoms in total. The molecule has 0 aromatic heterocycles. The molecule has 2 aromatic carbocycles. The van der Waals surface area contributed by atoms with E-state index in [0.717, 1.165) is 29.9 Å². The summed E-state index contributed by atoms with van der Waals surface area (Å²) in [6.07, 6.45) is 1.55. The Morgan fingerprint density at radius 1 is 1.07 bits per heavy atom. The lowest BCUT2D eigenvalue weighted by molar-refractivity contribution is -0.117. The fraction of sp³-hybridized carbons (Fsp3) is 0.417. The van der Waals surface area contributed by atoms with E-state index in [1.165, 1.54) is 16.7 Å². The number of rotatable bonds is 5. The van der Waals surface area contributed by atoms with Crippen molar-refractivity contribution < 1.29 is 4.79 Å². The minimum Gasteiger partial charge on any atom is -0.355 e. The van der Waals surface area contributed by atoms with Gasteiger partial charge in [0.2, 0.25) is 5.91 Å². The lowest BCUT2D eigenvalue weighted by Crippen LogP contribution is -2.35. The predicted octanol–water partition coefficient (Wildman–Crippen LogP) is 5.42. The molecule has 2 N–H and O–H groups in total. The lowest BCUT2D eigenvalue weighted by atomic mass is 9.92. The van der Waals surface area contributed by atoms with Crippen molar-refractivity contribution in [1.29, 1.82) is 0 Å². The van der Waals surface area contributed by atoms with Gasteiger partial charge in [0.05, 0.1) is 6.04 Å². The maximum absolute atomic E-state index is 12.2. The number of hydrogen-bond donors (Lipinski definition) is 2. The van der Waals surface area contributed by atoms with Crippen molar-refractivity contribution in [3.8, 4) is 0 Å². The third-order valence-corrected chi connectivity index (χ3v) is 5.76. The summed E-state index contributed by atoms with van der Waals surface area (Å²) in [4.78, 5) is 14.0. The van der Waals surface area contributed by atoms with Crippen LogP contribution in [-0.4, -0.2) is 17.6 Å². The Morgan fingerprint density at radius 3 is 2.45 bits per heavy atom. The zero-order valence-corrected chi connectivity index (χ0v) is 18.8. The molecule has 0 unspecified atom stereocenters. The highest BCUT2D eigenvalue weighted by atomic mass is 32.1. The third kappa shape index (κ3) is 4.96. The van der Waals surface area contributed by atoms with Crippen molar-refractivity contribution in [2.24, 2.45) is 5.92 Å². The standard InChI is InChI=1S/C24H31N3OS/c1-15(2)23(20-11-8-16(3)13-18(20)5)26-24(29)25-19-10-9-17(4)21(14-19)27-12-6-7-22(27)28/h8-11,13-15,23H,6-7,12H2,1-5H3,(H2,25,26,29)/t23-/m0/s1. The first-order valence-electron chi connectivity index (χ1n) is 10.3. The first-order chi connectivity index (χ1) is 13.8. The molecular formula is C24H31N3OS. The molecule has 0 saturated carbocycles. The van der Waals surface area contributed by atoms with Crippen LogP contribution in [0, 0.1) is 26.7 Å². The normalized spacial score (nSPS) is 15.0. The van der Waals surface area contributed by atoms with Gasteiger partial charge in [-0.25, -0.2) is 0 Å². The highest BCUT2D eigenvalue weighted by Gasteiger charge is 2.23. The van der Waals surface area contributed by atoms with Gasteiger partial charge in [-0.3, -0.25) is 4.79 Å². The van der Waals surface area contributed by atoms with Gasteiger partial charge in [-0.15, -0.1) is 0 Å². The van der Waals surface area contributed by atoms with Crippen LogP contribution >= 0.6 is 12.2 Å². The molecule has 1 amide bonds. The first kappa shape index (κ1) is 21.3. The second-order valence-electron chi connectivity index (χ2n) is 8.33. The number of carbonyl (C=O) groups is 1. The van der Waals surface area contributed by atoms with Gasteiger partial charge in [-0.05, 0) is 74.2 Å². The predicted molar refractivity (Wildman–Crippen MR) is 126 cm³/mol. The van der Waals surface area contributed by atoms with Crippen molar-refractivity contribution in [3.63, 3.8) is 0 Å². The molecule has 1 saturated heterocycles. The molecular weight excluding hydrogens is 378 g/mol. The Labute approximate surface area is 179 Å². The molecule has 1 fully saturated rings. The zero-order chi connectivity index (χ0) is 21.1. The molecule has 0 radical (unpaired) electrons. The van der Waals surface area contributed by atoms with E-state index in [-0.39, 0.29) is 11.9 Å². The Morgan fingerprint density at radius 2 is 1.83 bits per heavy atom. The molecule has 0 spiro atoms. The van der Waals surface area contributed by atoms with E-state index in [1.807, 2.05) is 30.0 Å². The summed E-state index contributed by atoms with van der Waals surface area (Å²) in [7, 11) is 0. The van der Waals surface area contributed by atoms with Crippen LogP contribution in [0.3, 0.4) is 0 Å². The van der Waals surface area contributed by atoms with Crippen LogP contribution in [0.25, 0.3) is 0 Å². The summed E-state index contributed by atoms with van der Waals surface area (Å²) in [5, 5.41) is 7.40. The number of hydrogen-bond acceptors (Lipinski definition) is 2. The monoisotopic (exact) mass is 409 g/mol. The minimum absolute atomic E-state index is 0.126. The lowest BCUT2D eigenvalue weighted by Gasteiger charge is -2.27. The molecule has 5 heteroatoms. The van der Waals surface area contributed by atoms with E-state index >= 15 is 0 Å². The van der Waals surface area contributed by atoms with E-state index in [4.69, 9.17) is 12.2 Å². The van der Waals surface area contributed by atoms with E-state index in [2.05, 4.69) is 56.5 Å². The number of aryl methyl sites for hydroxylation is 3. The fourth-order valence-electron chi connectivity index (χ4n) is 3.97. The van der Waals surface area contributed by atoms with Crippen LogP contribution in [0.5, 0.6) is 0 Å². The Balaban J connectivity index is 1.76. The maximum Gasteiger partial charge on any atom is 0.227 e. The average Bonchev–Trinajstić information content (AvgIpc) is 3.07. The minimum atomic E-state index is 0.126. The molecule has 1 aliphatic heterocycles. The van der Waals surface area contributed by atoms with Gasteiger partial charge in [0, 0.05) is 24.3 Å². The van der Waals surface area contributed by atoms with E-state index in [9.17, 15) is 4.79 Å². The summed E-state index contributed by atoms with van der Waals surface area (Å²) in [5.74, 6) is 0.577. The molecule has 0 aliphatic carbocycles. The second kappa shape index (κ2) is 8.95. The highest BCUT2D eigenvalue weighted by Crippen LogP contribution is 2.29. The van der Waals surface area contributed by atoms with E-state index < -0.39 is 0 Å². The number of carbonyl (C=O) groups excluding carboxylic acids is 1. The number of nitrogens with zero attached hydrogens (tertiary/aromatic N) is 1. The number of amides is 1. The number of anilines is 2. The van der Waals surface area contributed by atoms with Crippen LogP contribution < -0.4 is 15.5 Å². The SMILES string of the molecule is Cc1ccc([C@@H](NC(=S)Nc2ccc(C)c(N3CCCC3=O)c2)C(C)C)c(C)c1. The van der Waals surface area contributed by atoms with Gasteiger partial charge in [0.15, 0.2) is 5.11 Å². The smallest absolute Gasteiger partial charge is 0.227 e. The van der Waals surface area contributed by atoms with Gasteiger partial charge in [-0.2, -0.15) is 0 Å². The number of thiocarbonyl (C=S) groups is 1. The number of nitrogens with one attached hydrogen (secondary N) is 2. The van der Waals surface area contributed by atoms with Gasteiger partial charge >= 0.3 is 0 Å². The Hall–Kier alpha value is -2.40. The van der Waals surface area contributed by atoms with Crippen molar-refractivity contribution in [2.45, 2.75) is 53.5 Å². The van der Waals surface area contributed by atoms with Crippen LogP contribution in [0.4, 0.5) is 11.4 Å². The van der Waals surface area contributed by atoms with Gasteiger partial charge in [0.1, 0.15) is 0 Å². The second-order valence-corrected chi connectivity index (χ2v) is 8.74. The molecule has 2 aromatic rings. The van der Waals surface area contributed by atoms with Crippen molar-refractivity contribution in [1.82, 2.24) is 5.32 Å². The third-order valence-electron chi connectivity index (χ3n) is 5.54. The quantitative estimate of drug-likeness (QED) is 0.647. The molecule has 1 atom stereocenters. The summed E-state index contributed by atoms with van der Waals surface area (Å²) >= 11 is 5.63. The largest absolute Gasteiger partial charge is 0.355 e. The molecule has 1 aliphatic rings. The number of benzene rings is 2. The zero-order valence-electron chi connectivity index (χ0n) is 18.0. The molecule has 3 rings (SSSR count). The summed E-state index contributed by atoms with van der Waals surface area (Å²) in [6.45, 7) is 11.5. The topological polar surface area (TPSA) is 44.4 Å². The highest BCUT2D eigenvalue weighted by molar-refractivity contribution is 7.80. The molecule has 154 valence electrons. The Bertz CT molecular complexity index is 922. The van der Waals surface area contributed by atoms with Crippen LogP contribution in [0.2, 0.25) is 0 Å². The summed E-state index contributed by atoms with van der Waals surface area (Å²) < 4.78 is 0. The average molecular weight is 410 g/mol. The van der Waals surface area contributed by atoms with Crippen molar-refractivity contribution in [3.05, 3.63) is 58.7 Å². The van der Waals surface area contributed by atoms with Crippen LogP contribution in [0.15, 0.2) is 36.4 Å². The van der Waals surface area contributed by atoms with Gasteiger partial charge in [0.25, 0.3) is 0 Å². The summed E-state index contributed by atoms with van der Waals surface area (Å²) in [6, 6.07) is 12.7. The molecule has 29 heavy (non-hydrogen) atoms. The molecule has 1 heterocycles. The van der Waals surface area contributed by atoms with E-state index in [1.54, 1.807) is 0 Å². The first-order valence-corrected chi connectivity index (χ1v) is 10.7. The Kier molecular flexibility index (Phi) is 6.58. The van der Waals surface area contributed by atoms with Gasteiger partial charge < -0.3 is 15.5 Å². The fourth-order valence-corrected chi connectivity index (χ4v) is 4.21. The van der Waals surface area contributed by atoms with Crippen LogP contribution in [0.1, 0.15) is 55.0 Å².